The number of likely N-dealkylation sites (tertiary alicyclic amines) is 1. The lowest BCUT2D eigenvalue weighted by atomic mass is 10.1. The van der Waals surface area contributed by atoms with Crippen LogP contribution in [0.4, 0.5) is 0 Å². The lowest BCUT2D eigenvalue weighted by Gasteiger charge is -2.32. The summed E-state index contributed by atoms with van der Waals surface area (Å²) in [6.45, 7) is 7.14. The number of aliphatic hydroxyl groups is 1. The van der Waals surface area contributed by atoms with Gasteiger partial charge in [0.05, 0.1) is 19.8 Å². The van der Waals surface area contributed by atoms with Gasteiger partial charge in [-0.1, -0.05) is 0 Å². The Morgan fingerprint density at radius 3 is 2.50 bits per heavy atom. The first-order valence-electron chi connectivity index (χ1n) is 8.64. The first kappa shape index (κ1) is 18.4. The van der Waals surface area contributed by atoms with Crippen molar-refractivity contribution in [3.8, 4) is 11.5 Å². The molecule has 1 fully saturated rings. The largest absolute Gasteiger partial charge is 0.497 e. The molecule has 0 amide bonds. The minimum atomic E-state index is -0.179. The number of piperidine rings is 1. The van der Waals surface area contributed by atoms with Crippen LogP contribution in [0.5, 0.6) is 11.5 Å². The van der Waals surface area contributed by atoms with Gasteiger partial charge in [-0.3, -0.25) is 0 Å². The number of ether oxygens (including phenoxy) is 2. The molecule has 0 aromatic heterocycles. The standard InChI is InChI=1S/C18H29N3O3/c1-4-19-18(21-11-9-15(22)10-12-21)20-13-14(2)24-17-7-5-16(23-3)6-8-17/h5-8,14-15,22H,4,9-13H2,1-3H3,(H,19,20). The highest BCUT2D eigenvalue weighted by molar-refractivity contribution is 5.80. The van der Waals surface area contributed by atoms with Crippen LogP contribution < -0.4 is 14.8 Å². The van der Waals surface area contributed by atoms with Gasteiger partial charge < -0.3 is 24.8 Å². The molecular formula is C18H29N3O3. The van der Waals surface area contributed by atoms with Crippen LogP contribution >= 0.6 is 0 Å². The molecular weight excluding hydrogens is 306 g/mol. The van der Waals surface area contributed by atoms with Gasteiger partial charge >= 0.3 is 0 Å². The summed E-state index contributed by atoms with van der Waals surface area (Å²) in [4.78, 5) is 6.90. The van der Waals surface area contributed by atoms with Crippen LogP contribution in [-0.4, -0.2) is 61.5 Å². The van der Waals surface area contributed by atoms with Gasteiger partial charge in [0.1, 0.15) is 17.6 Å². The maximum Gasteiger partial charge on any atom is 0.194 e. The van der Waals surface area contributed by atoms with Crippen LogP contribution in [-0.2, 0) is 0 Å². The third-order valence-corrected chi connectivity index (χ3v) is 3.99. The predicted molar refractivity (Wildman–Crippen MR) is 95.9 cm³/mol. The summed E-state index contributed by atoms with van der Waals surface area (Å²) >= 11 is 0. The van der Waals surface area contributed by atoms with E-state index < -0.39 is 0 Å². The fraction of sp³-hybridized carbons (Fsp3) is 0.611. The summed E-state index contributed by atoms with van der Waals surface area (Å²) in [5.41, 5.74) is 0. The Bertz CT molecular complexity index is 511. The summed E-state index contributed by atoms with van der Waals surface area (Å²) < 4.78 is 11.0. The highest BCUT2D eigenvalue weighted by Gasteiger charge is 2.19. The van der Waals surface area contributed by atoms with E-state index in [2.05, 4.69) is 17.1 Å². The van der Waals surface area contributed by atoms with Crippen molar-refractivity contribution in [3.63, 3.8) is 0 Å². The fourth-order valence-corrected chi connectivity index (χ4v) is 2.64. The number of nitrogens with zero attached hydrogens (tertiary/aromatic N) is 2. The Labute approximate surface area is 144 Å². The summed E-state index contributed by atoms with van der Waals surface area (Å²) in [5, 5.41) is 13.0. The summed E-state index contributed by atoms with van der Waals surface area (Å²) in [7, 11) is 1.65. The van der Waals surface area contributed by atoms with Gasteiger partial charge in [0.2, 0.25) is 0 Å². The number of hydrogen-bond acceptors (Lipinski definition) is 4. The number of hydrogen-bond donors (Lipinski definition) is 2. The molecule has 1 atom stereocenters. The smallest absolute Gasteiger partial charge is 0.194 e. The summed E-state index contributed by atoms with van der Waals surface area (Å²) in [6.07, 6.45) is 1.38. The first-order valence-corrected chi connectivity index (χ1v) is 8.64. The number of nitrogens with one attached hydrogen (secondary N) is 1. The average molecular weight is 335 g/mol. The Morgan fingerprint density at radius 2 is 1.92 bits per heavy atom. The molecule has 1 heterocycles. The van der Waals surface area contributed by atoms with Crippen LogP contribution in [0.15, 0.2) is 29.3 Å². The van der Waals surface area contributed by atoms with Crippen molar-refractivity contribution in [2.75, 3.05) is 33.3 Å². The highest BCUT2D eigenvalue weighted by Crippen LogP contribution is 2.18. The Balaban J connectivity index is 1.89. The molecule has 2 rings (SSSR count). The van der Waals surface area contributed by atoms with Crippen molar-refractivity contribution in [1.82, 2.24) is 10.2 Å². The Morgan fingerprint density at radius 1 is 1.29 bits per heavy atom. The van der Waals surface area contributed by atoms with Crippen molar-refractivity contribution >= 4 is 5.96 Å². The molecule has 1 aliphatic rings. The molecule has 1 saturated heterocycles. The van der Waals surface area contributed by atoms with E-state index in [0.29, 0.717) is 6.54 Å². The van der Waals surface area contributed by atoms with E-state index in [1.54, 1.807) is 7.11 Å². The van der Waals surface area contributed by atoms with E-state index in [1.807, 2.05) is 31.2 Å². The van der Waals surface area contributed by atoms with Gasteiger partial charge in [0.25, 0.3) is 0 Å². The molecule has 1 aromatic carbocycles. The van der Waals surface area contributed by atoms with Crippen molar-refractivity contribution in [3.05, 3.63) is 24.3 Å². The van der Waals surface area contributed by atoms with Crippen molar-refractivity contribution < 1.29 is 14.6 Å². The SMILES string of the molecule is CCNC(=NCC(C)Oc1ccc(OC)cc1)N1CCC(O)CC1. The zero-order valence-electron chi connectivity index (χ0n) is 14.9. The van der Waals surface area contributed by atoms with Gasteiger partial charge in [-0.2, -0.15) is 0 Å². The van der Waals surface area contributed by atoms with E-state index in [1.165, 1.54) is 0 Å². The third kappa shape index (κ3) is 5.60. The first-order chi connectivity index (χ1) is 11.6. The molecule has 6 nitrogen and oxygen atoms in total. The van der Waals surface area contributed by atoms with E-state index in [9.17, 15) is 5.11 Å². The Kier molecular flexibility index (Phi) is 7.18. The van der Waals surface area contributed by atoms with E-state index >= 15 is 0 Å². The minimum absolute atomic E-state index is 0.0255. The number of methoxy groups -OCH3 is 1. The second-order valence-corrected chi connectivity index (χ2v) is 6.02. The molecule has 0 radical (unpaired) electrons. The third-order valence-electron chi connectivity index (χ3n) is 3.99. The summed E-state index contributed by atoms with van der Waals surface area (Å²) in [6, 6.07) is 7.56. The second kappa shape index (κ2) is 9.37. The highest BCUT2D eigenvalue weighted by atomic mass is 16.5. The zero-order valence-corrected chi connectivity index (χ0v) is 14.9. The lowest BCUT2D eigenvalue weighted by Crippen LogP contribution is -2.47. The molecule has 6 heteroatoms. The maximum absolute atomic E-state index is 9.64. The summed E-state index contributed by atoms with van der Waals surface area (Å²) in [5.74, 6) is 2.52. The van der Waals surface area contributed by atoms with Gasteiger partial charge in [-0.05, 0) is 51.0 Å². The molecule has 1 aliphatic heterocycles. The fourth-order valence-electron chi connectivity index (χ4n) is 2.64. The maximum atomic E-state index is 9.64. The molecule has 1 unspecified atom stereocenters. The quantitative estimate of drug-likeness (QED) is 0.614. The minimum Gasteiger partial charge on any atom is -0.497 e. The van der Waals surface area contributed by atoms with Crippen LogP contribution in [0.25, 0.3) is 0 Å². The van der Waals surface area contributed by atoms with Crippen molar-refractivity contribution in [2.24, 2.45) is 4.99 Å². The molecule has 134 valence electrons. The molecule has 0 bridgehead atoms. The van der Waals surface area contributed by atoms with Crippen molar-refractivity contribution in [2.45, 2.75) is 38.9 Å². The van der Waals surface area contributed by atoms with Gasteiger partial charge in [0, 0.05) is 19.6 Å². The number of aliphatic imine (C=N–C) groups is 1. The van der Waals surface area contributed by atoms with Crippen LogP contribution in [0.2, 0.25) is 0 Å². The lowest BCUT2D eigenvalue weighted by molar-refractivity contribution is 0.107. The van der Waals surface area contributed by atoms with Gasteiger partial charge in [-0.15, -0.1) is 0 Å². The normalized spacial score (nSPS) is 17.5. The molecule has 1 aromatic rings. The molecule has 0 spiro atoms. The molecule has 0 aliphatic carbocycles. The van der Waals surface area contributed by atoms with Gasteiger partial charge in [-0.25, -0.2) is 4.99 Å². The van der Waals surface area contributed by atoms with E-state index in [4.69, 9.17) is 14.5 Å². The predicted octanol–water partition coefficient (Wildman–Crippen LogP) is 1.88. The Hall–Kier alpha value is -1.95. The van der Waals surface area contributed by atoms with Crippen LogP contribution in [0.3, 0.4) is 0 Å². The number of benzene rings is 1. The number of aliphatic hydroxyl groups excluding tert-OH is 1. The molecule has 24 heavy (non-hydrogen) atoms. The number of rotatable bonds is 6. The van der Waals surface area contributed by atoms with Gasteiger partial charge in [0.15, 0.2) is 5.96 Å². The van der Waals surface area contributed by atoms with Crippen molar-refractivity contribution in [1.29, 1.82) is 0 Å². The van der Waals surface area contributed by atoms with Crippen LogP contribution in [0, 0.1) is 0 Å². The number of guanidine groups is 1. The average Bonchev–Trinajstić information content (AvgIpc) is 2.60. The molecule has 2 N–H and O–H groups in total. The second-order valence-electron chi connectivity index (χ2n) is 6.02. The van der Waals surface area contributed by atoms with Crippen LogP contribution in [0.1, 0.15) is 26.7 Å². The monoisotopic (exact) mass is 335 g/mol. The molecule has 0 saturated carbocycles. The zero-order chi connectivity index (χ0) is 17.4. The van der Waals surface area contributed by atoms with E-state index in [-0.39, 0.29) is 12.2 Å². The van der Waals surface area contributed by atoms with E-state index in [0.717, 1.165) is 49.9 Å². The topological polar surface area (TPSA) is 66.3 Å².